The smallest absolute Gasteiger partial charge is 0.328 e. The summed E-state index contributed by atoms with van der Waals surface area (Å²) in [6.45, 7) is 2.26. The van der Waals surface area contributed by atoms with E-state index in [1.165, 1.54) is 17.0 Å². The van der Waals surface area contributed by atoms with Crippen LogP contribution in [0.25, 0.3) is 0 Å². The van der Waals surface area contributed by atoms with E-state index in [1.54, 1.807) is 19.1 Å². The van der Waals surface area contributed by atoms with Gasteiger partial charge in [0.05, 0.1) is 19.3 Å². The average Bonchev–Trinajstić information content (AvgIpc) is 2.47. The number of morpholine rings is 1. The third-order valence-corrected chi connectivity index (χ3v) is 3.38. The van der Waals surface area contributed by atoms with Crippen molar-refractivity contribution in [1.29, 1.82) is 0 Å². The molecule has 114 valence electrons. The highest BCUT2D eigenvalue weighted by molar-refractivity contribution is 5.83. The van der Waals surface area contributed by atoms with Crippen LogP contribution in [-0.2, 0) is 9.53 Å². The largest absolute Gasteiger partial charge is 0.480 e. The minimum Gasteiger partial charge on any atom is -0.480 e. The number of halogens is 1. The van der Waals surface area contributed by atoms with Gasteiger partial charge in [-0.15, -0.1) is 0 Å². The summed E-state index contributed by atoms with van der Waals surface area (Å²) in [7, 11) is 0. The summed E-state index contributed by atoms with van der Waals surface area (Å²) in [5, 5.41) is 11.8. The number of carboxylic acid groups (broad SMARTS) is 1. The molecule has 2 rings (SSSR count). The van der Waals surface area contributed by atoms with Crippen LogP contribution in [0.4, 0.5) is 9.18 Å². The number of carbonyl (C=O) groups excluding carboxylic acids is 1. The summed E-state index contributed by atoms with van der Waals surface area (Å²) >= 11 is 0. The second kappa shape index (κ2) is 6.53. The van der Waals surface area contributed by atoms with Crippen LogP contribution in [-0.4, -0.2) is 47.8 Å². The highest BCUT2D eigenvalue weighted by Crippen LogP contribution is 2.15. The molecular formula is C14H17FN2O4. The summed E-state index contributed by atoms with van der Waals surface area (Å²) in [5.74, 6) is -1.45. The standard InChI is InChI=1S/C14H17FN2O4/c1-9(10-2-4-11(15)5-3-10)16-14(20)17-6-7-21-8-12(17)13(18)19/h2-5,9,12H,6-8H2,1H3,(H,16,20)(H,18,19). The Balaban J connectivity index is 2.02. The summed E-state index contributed by atoms with van der Waals surface area (Å²) in [6, 6.07) is 3.97. The number of urea groups is 1. The molecule has 1 heterocycles. The van der Waals surface area contributed by atoms with Gasteiger partial charge in [-0.1, -0.05) is 12.1 Å². The predicted octanol–water partition coefficient (Wildman–Crippen LogP) is 1.38. The number of amides is 2. The number of nitrogens with zero attached hydrogens (tertiary/aromatic N) is 1. The zero-order chi connectivity index (χ0) is 15.4. The lowest BCUT2D eigenvalue weighted by Gasteiger charge is -2.33. The summed E-state index contributed by atoms with van der Waals surface area (Å²) in [5.41, 5.74) is 0.741. The lowest BCUT2D eigenvalue weighted by atomic mass is 10.1. The van der Waals surface area contributed by atoms with Gasteiger partial charge in [-0.05, 0) is 24.6 Å². The van der Waals surface area contributed by atoms with Gasteiger partial charge in [-0.2, -0.15) is 0 Å². The maximum absolute atomic E-state index is 12.9. The molecular weight excluding hydrogens is 279 g/mol. The van der Waals surface area contributed by atoms with E-state index in [2.05, 4.69) is 5.32 Å². The van der Waals surface area contributed by atoms with Gasteiger partial charge in [0.2, 0.25) is 0 Å². The second-order valence-corrected chi connectivity index (χ2v) is 4.85. The lowest BCUT2D eigenvalue weighted by molar-refractivity contribution is -0.147. The van der Waals surface area contributed by atoms with Crippen molar-refractivity contribution < 1.29 is 23.8 Å². The average molecular weight is 296 g/mol. The van der Waals surface area contributed by atoms with Crippen LogP contribution in [0.2, 0.25) is 0 Å². The highest BCUT2D eigenvalue weighted by Gasteiger charge is 2.33. The van der Waals surface area contributed by atoms with E-state index < -0.39 is 18.0 Å². The Bertz CT molecular complexity index is 520. The normalized spacial score (nSPS) is 19.9. The molecule has 0 bridgehead atoms. The molecule has 0 radical (unpaired) electrons. The predicted molar refractivity (Wildman–Crippen MR) is 72.3 cm³/mol. The zero-order valence-corrected chi connectivity index (χ0v) is 11.6. The third kappa shape index (κ3) is 3.69. The molecule has 2 N–H and O–H groups in total. The number of hydrogen-bond acceptors (Lipinski definition) is 3. The molecule has 21 heavy (non-hydrogen) atoms. The zero-order valence-electron chi connectivity index (χ0n) is 11.6. The van der Waals surface area contributed by atoms with Gasteiger partial charge in [-0.3, -0.25) is 0 Å². The van der Waals surface area contributed by atoms with Crippen LogP contribution in [0.1, 0.15) is 18.5 Å². The monoisotopic (exact) mass is 296 g/mol. The minimum atomic E-state index is -1.10. The van der Waals surface area contributed by atoms with Gasteiger partial charge in [0.25, 0.3) is 0 Å². The fraction of sp³-hybridized carbons (Fsp3) is 0.429. The third-order valence-electron chi connectivity index (χ3n) is 3.38. The Hall–Kier alpha value is -2.15. The molecule has 0 saturated carbocycles. The molecule has 2 unspecified atom stereocenters. The molecule has 1 aromatic carbocycles. The molecule has 2 amide bonds. The van der Waals surface area contributed by atoms with Crippen molar-refractivity contribution in [2.24, 2.45) is 0 Å². The van der Waals surface area contributed by atoms with Crippen LogP contribution >= 0.6 is 0 Å². The summed E-state index contributed by atoms with van der Waals surface area (Å²) in [6.07, 6.45) is 0. The van der Waals surface area contributed by atoms with E-state index in [4.69, 9.17) is 9.84 Å². The summed E-state index contributed by atoms with van der Waals surface area (Å²) < 4.78 is 18.0. The van der Waals surface area contributed by atoms with Crippen molar-refractivity contribution in [1.82, 2.24) is 10.2 Å². The fourth-order valence-electron chi connectivity index (χ4n) is 2.15. The summed E-state index contributed by atoms with van der Waals surface area (Å²) in [4.78, 5) is 24.5. The van der Waals surface area contributed by atoms with E-state index in [-0.39, 0.29) is 25.0 Å². The molecule has 0 aliphatic carbocycles. The first-order valence-electron chi connectivity index (χ1n) is 6.62. The van der Waals surface area contributed by atoms with E-state index in [0.717, 1.165) is 5.56 Å². The first-order valence-corrected chi connectivity index (χ1v) is 6.62. The SMILES string of the molecule is CC(NC(=O)N1CCOCC1C(=O)O)c1ccc(F)cc1. The van der Waals surface area contributed by atoms with Crippen molar-refractivity contribution in [3.8, 4) is 0 Å². The molecule has 2 atom stereocenters. The van der Waals surface area contributed by atoms with Crippen molar-refractivity contribution >= 4 is 12.0 Å². The number of benzene rings is 1. The van der Waals surface area contributed by atoms with Gasteiger partial charge < -0.3 is 20.1 Å². The number of nitrogens with one attached hydrogen (secondary N) is 1. The topological polar surface area (TPSA) is 78.9 Å². The van der Waals surface area contributed by atoms with E-state index >= 15 is 0 Å². The number of hydrogen-bond donors (Lipinski definition) is 2. The van der Waals surface area contributed by atoms with Crippen LogP contribution in [0.5, 0.6) is 0 Å². The quantitative estimate of drug-likeness (QED) is 0.883. The highest BCUT2D eigenvalue weighted by atomic mass is 19.1. The number of aliphatic carboxylic acids is 1. The Morgan fingerprint density at radius 1 is 1.43 bits per heavy atom. The van der Waals surface area contributed by atoms with Gasteiger partial charge in [0.15, 0.2) is 6.04 Å². The Labute approximate surface area is 121 Å². The first kappa shape index (κ1) is 15.2. The first-order chi connectivity index (χ1) is 9.99. The van der Waals surface area contributed by atoms with Crippen molar-refractivity contribution in [2.75, 3.05) is 19.8 Å². The van der Waals surface area contributed by atoms with Crippen molar-refractivity contribution in [3.63, 3.8) is 0 Å². The van der Waals surface area contributed by atoms with Gasteiger partial charge in [0, 0.05) is 6.54 Å². The van der Waals surface area contributed by atoms with Crippen LogP contribution < -0.4 is 5.32 Å². The molecule has 6 nitrogen and oxygen atoms in total. The molecule has 1 aliphatic heterocycles. The van der Waals surface area contributed by atoms with E-state index in [1.807, 2.05) is 0 Å². The Kier molecular flexibility index (Phi) is 4.74. The maximum atomic E-state index is 12.9. The molecule has 0 aromatic heterocycles. The fourth-order valence-corrected chi connectivity index (χ4v) is 2.15. The van der Waals surface area contributed by atoms with Crippen LogP contribution in [0, 0.1) is 5.82 Å². The maximum Gasteiger partial charge on any atom is 0.328 e. The Morgan fingerprint density at radius 3 is 2.71 bits per heavy atom. The van der Waals surface area contributed by atoms with Gasteiger partial charge >= 0.3 is 12.0 Å². The Morgan fingerprint density at radius 2 is 2.10 bits per heavy atom. The minimum absolute atomic E-state index is 0.0202. The van der Waals surface area contributed by atoms with Gasteiger partial charge in [0.1, 0.15) is 5.82 Å². The molecule has 7 heteroatoms. The van der Waals surface area contributed by atoms with Crippen molar-refractivity contribution in [2.45, 2.75) is 19.0 Å². The second-order valence-electron chi connectivity index (χ2n) is 4.85. The van der Waals surface area contributed by atoms with Crippen LogP contribution in [0.3, 0.4) is 0 Å². The van der Waals surface area contributed by atoms with E-state index in [9.17, 15) is 14.0 Å². The van der Waals surface area contributed by atoms with Crippen LogP contribution in [0.15, 0.2) is 24.3 Å². The number of carboxylic acids is 1. The molecule has 0 spiro atoms. The number of carbonyl (C=O) groups is 2. The molecule has 1 aliphatic rings. The van der Waals surface area contributed by atoms with Crippen molar-refractivity contribution in [3.05, 3.63) is 35.6 Å². The van der Waals surface area contributed by atoms with Gasteiger partial charge in [-0.25, -0.2) is 14.0 Å². The number of rotatable bonds is 3. The molecule has 1 fully saturated rings. The number of ether oxygens (including phenoxy) is 1. The molecule has 1 saturated heterocycles. The lowest BCUT2D eigenvalue weighted by Crippen LogP contribution is -2.55. The molecule has 1 aromatic rings. The van der Waals surface area contributed by atoms with E-state index in [0.29, 0.717) is 6.61 Å².